The van der Waals surface area contributed by atoms with Gasteiger partial charge in [-0.05, 0) is 48.5 Å². The van der Waals surface area contributed by atoms with Crippen molar-refractivity contribution in [3.05, 3.63) is 78.4 Å². The Kier molecular flexibility index (Phi) is 5.24. The summed E-state index contributed by atoms with van der Waals surface area (Å²) < 4.78 is 19.8. The first-order chi connectivity index (χ1) is 14.6. The Hall–Kier alpha value is -4.41. The van der Waals surface area contributed by atoms with Crippen LogP contribution in [0.25, 0.3) is 5.69 Å². The van der Waals surface area contributed by atoms with E-state index in [2.05, 4.69) is 30.4 Å². The van der Waals surface area contributed by atoms with Crippen LogP contribution in [-0.2, 0) is 11.3 Å². The molecular weight excluding hydrogens is 391 g/mol. The smallest absolute Gasteiger partial charge is 0.338 e. The summed E-state index contributed by atoms with van der Waals surface area (Å²) in [7, 11) is 0. The number of carbonyl (C=O) groups is 1. The summed E-state index contributed by atoms with van der Waals surface area (Å²) in [6, 6.07) is 12.3. The number of nitrogens with zero attached hydrogens (tertiary/aromatic N) is 6. The Balaban J connectivity index is 1.41. The van der Waals surface area contributed by atoms with Crippen molar-refractivity contribution in [1.82, 2.24) is 29.7 Å². The number of nitrogens with one attached hydrogen (secondary N) is 1. The van der Waals surface area contributed by atoms with Crippen molar-refractivity contribution in [2.75, 3.05) is 11.1 Å². The molecule has 0 atom stereocenters. The minimum absolute atomic E-state index is 0.0437. The van der Waals surface area contributed by atoms with Gasteiger partial charge in [0.15, 0.2) is 12.4 Å². The van der Waals surface area contributed by atoms with Crippen molar-refractivity contribution in [2.24, 2.45) is 0 Å². The van der Waals surface area contributed by atoms with Gasteiger partial charge in [-0.15, -0.1) is 0 Å². The number of hydrogen-bond acceptors (Lipinski definition) is 9. The van der Waals surface area contributed by atoms with E-state index >= 15 is 0 Å². The minimum atomic E-state index is -0.549. The van der Waals surface area contributed by atoms with Crippen LogP contribution in [0.15, 0.2) is 61.2 Å². The standard InChI is InChI=1S/C19H15FN8O2/c20-13-3-5-14(6-4-13)24-19-26-16(25-18(21)27-19)9-30-17(29)12-1-7-15(8-2-12)28-11-22-10-23-28/h1-8,10-11H,9H2,(H3,21,24,25,26,27). The van der Waals surface area contributed by atoms with Gasteiger partial charge >= 0.3 is 5.97 Å². The Morgan fingerprint density at radius 2 is 1.83 bits per heavy atom. The molecule has 0 unspecified atom stereocenters. The number of halogens is 1. The third-order valence-electron chi connectivity index (χ3n) is 3.92. The molecule has 30 heavy (non-hydrogen) atoms. The molecule has 4 rings (SSSR count). The lowest BCUT2D eigenvalue weighted by molar-refractivity contribution is 0.0462. The molecule has 0 fully saturated rings. The van der Waals surface area contributed by atoms with Crippen LogP contribution in [0.2, 0.25) is 0 Å². The fourth-order valence-corrected chi connectivity index (χ4v) is 2.53. The molecule has 3 N–H and O–H groups in total. The van der Waals surface area contributed by atoms with Gasteiger partial charge in [-0.1, -0.05) is 0 Å². The lowest BCUT2D eigenvalue weighted by atomic mass is 10.2. The molecule has 11 heteroatoms. The molecular formula is C19H15FN8O2. The number of nitrogen functional groups attached to an aromatic ring is 1. The van der Waals surface area contributed by atoms with E-state index < -0.39 is 5.97 Å². The highest BCUT2D eigenvalue weighted by Crippen LogP contribution is 2.15. The number of rotatable bonds is 6. The van der Waals surface area contributed by atoms with Crippen LogP contribution in [0.5, 0.6) is 0 Å². The van der Waals surface area contributed by atoms with E-state index in [0.29, 0.717) is 11.3 Å². The zero-order chi connectivity index (χ0) is 20.9. The van der Waals surface area contributed by atoms with Gasteiger partial charge in [0.2, 0.25) is 11.9 Å². The summed E-state index contributed by atoms with van der Waals surface area (Å²) >= 11 is 0. The van der Waals surface area contributed by atoms with Crippen LogP contribution < -0.4 is 11.1 Å². The fraction of sp³-hybridized carbons (Fsp3) is 0.0526. The van der Waals surface area contributed by atoms with Crippen molar-refractivity contribution in [3.63, 3.8) is 0 Å². The van der Waals surface area contributed by atoms with E-state index in [9.17, 15) is 9.18 Å². The average Bonchev–Trinajstić information content (AvgIpc) is 3.28. The lowest BCUT2D eigenvalue weighted by Crippen LogP contribution is -2.11. The second-order valence-corrected chi connectivity index (χ2v) is 6.03. The fourth-order valence-electron chi connectivity index (χ4n) is 2.53. The van der Waals surface area contributed by atoms with Gasteiger partial charge in [0.25, 0.3) is 0 Å². The Bertz CT molecular complexity index is 1150. The highest BCUT2D eigenvalue weighted by atomic mass is 19.1. The lowest BCUT2D eigenvalue weighted by Gasteiger charge is -2.08. The number of esters is 1. The molecule has 0 spiro atoms. The molecule has 0 amide bonds. The van der Waals surface area contributed by atoms with E-state index in [1.54, 1.807) is 35.3 Å². The SMILES string of the molecule is Nc1nc(COC(=O)c2ccc(-n3cncn3)cc2)nc(Nc2ccc(F)cc2)n1. The maximum atomic E-state index is 13.0. The number of carbonyl (C=O) groups excluding carboxylic acids is 1. The zero-order valence-corrected chi connectivity index (χ0v) is 15.4. The molecule has 0 aliphatic rings. The quantitative estimate of drug-likeness (QED) is 0.462. The van der Waals surface area contributed by atoms with E-state index in [0.717, 1.165) is 5.69 Å². The summed E-state index contributed by atoms with van der Waals surface area (Å²) in [6.07, 6.45) is 2.97. The summed E-state index contributed by atoms with van der Waals surface area (Å²) in [5.41, 5.74) is 7.38. The van der Waals surface area contributed by atoms with Crippen LogP contribution in [0.4, 0.5) is 22.0 Å². The Morgan fingerprint density at radius 3 is 2.53 bits per heavy atom. The molecule has 0 bridgehead atoms. The number of aromatic nitrogens is 6. The van der Waals surface area contributed by atoms with Gasteiger partial charge < -0.3 is 15.8 Å². The topological polar surface area (TPSA) is 134 Å². The van der Waals surface area contributed by atoms with E-state index in [1.165, 1.54) is 30.6 Å². The number of benzene rings is 2. The van der Waals surface area contributed by atoms with E-state index in [-0.39, 0.29) is 30.1 Å². The van der Waals surface area contributed by atoms with Gasteiger partial charge in [0.1, 0.15) is 18.5 Å². The first-order valence-corrected chi connectivity index (χ1v) is 8.72. The van der Waals surface area contributed by atoms with Crippen molar-refractivity contribution in [3.8, 4) is 5.69 Å². The third kappa shape index (κ3) is 4.52. The van der Waals surface area contributed by atoms with E-state index in [4.69, 9.17) is 10.5 Å². The van der Waals surface area contributed by atoms with Crippen molar-refractivity contribution >= 4 is 23.6 Å². The molecule has 4 aromatic rings. The van der Waals surface area contributed by atoms with Gasteiger partial charge in [-0.25, -0.2) is 18.9 Å². The average molecular weight is 406 g/mol. The second-order valence-electron chi connectivity index (χ2n) is 6.03. The van der Waals surface area contributed by atoms with Crippen LogP contribution in [0.3, 0.4) is 0 Å². The van der Waals surface area contributed by atoms with Gasteiger partial charge in [-0.3, -0.25) is 0 Å². The van der Waals surface area contributed by atoms with Crippen LogP contribution in [0, 0.1) is 5.82 Å². The molecule has 0 saturated carbocycles. The molecule has 2 aromatic carbocycles. The van der Waals surface area contributed by atoms with Crippen LogP contribution in [0.1, 0.15) is 16.2 Å². The first-order valence-electron chi connectivity index (χ1n) is 8.72. The molecule has 2 heterocycles. The number of anilines is 3. The van der Waals surface area contributed by atoms with Gasteiger partial charge in [0.05, 0.1) is 11.3 Å². The number of nitrogens with two attached hydrogens (primary N) is 1. The van der Waals surface area contributed by atoms with Crippen LogP contribution >= 0.6 is 0 Å². The molecule has 0 aliphatic carbocycles. The normalized spacial score (nSPS) is 10.6. The molecule has 0 radical (unpaired) electrons. The zero-order valence-electron chi connectivity index (χ0n) is 15.4. The maximum Gasteiger partial charge on any atom is 0.338 e. The molecule has 0 aliphatic heterocycles. The molecule has 150 valence electrons. The number of ether oxygens (including phenoxy) is 1. The molecule has 0 saturated heterocycles. The first kappa shape index (κ1) is 18.9. The maximum absolute atomic E-state index is 13.0. The Labute approximate surface area is 169 Å². The largest absolute Gasteiger partial charge is 0.454 e. The van der Waals surface area contributed by atoms with Crippen molar-refractivity contribution in [2.45, 2.75) is 6.61 Å². The summed E-state index contributed by atoms with van der Waals surface area (Å²) in [6.45, 7) is -0.200. The Morgan fingerprint density at radius 1 is 1.07 bits per heavy atom. The van der Waals surface area contributed by atoms with Gasteiger partial charge in [-0.2, -0.15) is 20.1 Å². The summed E-state index contributed by atoms with van der Waals surface area (Å²) in [5.74, 6) is -0.639. The molecule has 2 aromatic heterocycles. The van der Waals surface area contributed by atoms with Crippen molar-refractivity contribution in [1.29, 1.82) is 0 Å². The molecule has 10 nitrogen and oxygen atoms in total. The predicted octanol–water partition coefficient (Wildman–Crippen LogP) is 2.27. The summed E-state index contributed by atoms with van der Waals surface area (Å²) in [5, 5.41) is 6.91. The third-order valence-corrected chi connectivity index (χ3v) is 3.92. The van der Waals surface area contributed by atoms with E-state index in [1.807, 2.05) is 0 Å². The minimum Gasteiger partial charge on any atom is -0.454 e. The van der Waals surface area contributed by atoms with Crippen LogP contribution in [-0.4, -0.2) is 35.7 Å². The monoisotopic (exact) mass is 406 g/mol. The highest BCUT2D eigenvalue weighted by molar-refractivity contribution is 5.89. The number of hydrogen-bond donors (Lipinski definition) is 2. The van der Waals surface area contributed by atoms with Gasteiger partial charge in [0, 0.05) is 5.69 Å². The van der Waals surface area contributed by atoms with Crippen molar-refractivity contribution < 1.29 is 13.9 Å². The predicted molar refractivity (Wildman–Crippen MR) is 104 cm³/mol. The highest BCUT2D eigenvalue weighted by Gasteiger charge is 2.11. The second kappa shape index (κ2) is 8.31. The summed E-state index contributed by atoms with van der Waals surface area (Å²) in [4.78, 5) is 28.3.